The number of hydrogen-bond acceptors (Lipinski definition) is 2. The van der Waals surface area contributed by atoms with Gasteiger partial charge in [0.25, 0.3) is 0 Å². The van der Waals surface area contributed by atoms with Crippen LogP contribution >= 0.6 is 0 Å². The molecule has 0 saturated heterocycles. The Kier molecular flexibility index (Phi) is 9.49. The largest absolute Gasteiger partial charge is 0.481 e. The average Bonchev–Trinajstić information content (AvgIpc) is 2.26. The summed E-state index contributed by atoms with van der Waals surface area (Å²) in [7, 11) is 0. The highest BCUT2D eigenvalue weighted by atomic mass is 16.4. The van der Waals surface area contributed by atoms with Gasteiger partial charge in [-0.2, -0.15) is 0 Å². The number of aliphatic carboxylic acids is 2. The minimum Gasteiger partial charge on any atom is -0.481 e. The summed E-state index contributed by atoms with van der Waals surface area (Å²) in [5, 5.41) is 16.3. The van der Waals surface area contributed by atoms with E-state index in [0.29, 0.717) is 12.8 Å². The van der Waals surface area contributed by atoms with Crippen molar-refractivity contribution in [3.05, 3.63) is 0 Å². The molecule has 1 aliphatic carbocycles. The lowest BCUT2D eigenvalue weighted by atomic mass is 9.91. The smallest absolute Gasteiger partial charge is 0.303 e. The quantitative estimate of drug-likeness (QED) is 0.727. The molecule has 0 unspecified atom stereocenters. The standard InChI is InChI=1S/C7H14.C6H10O4/c1-7-5-3-2-4-6-7;7-5(8)3-1-2-4-6(9)10/h7H,2-6H2,1H3;1-4H2,(H,7,8)(H,9,10). The van der Waals surface area contributed by atoms with Crippen molar-refractivity contribution >= 4 is 11.9 Å². The molecule has 0 aromatic carbocycles. The summed E-state index contributed by atoms with van der Waals surface area (Å²) in [6.45, 7) is 2.36. The van der Waals surface area contributed by atoms with Crippen molar-refractivity contribution in [3.8, 4) is 0 Å². The van der Waals surface area contributed by atoms with Crippen molar-refractivity contribution in [2.24, 2.45) is 5.92 Å². The normalized spacial score (nSPS) is 15.8. The Morgan fingerprint density at radius 2 is 1.35 bits per heavy atom. The summed E-state index contributed by atoms with van der Waals surface area (Å²) in [6, 6.07) is 0. The number of carbonyl (C=O) groups is 2. The first kappa shape index (κ1) is 15.9. The van der Waals surface area contributed by atoms with Gasteiger partial charge in [-0.05, 0) is 18.8 Å². The molecule has 4 nitrogen and oxygen atoms in total. The molecule has 4 heteroatoms. The van der Waals surface area contributed by atoms with Gasteiger partial charge >= 0.3 is 11.9 Å². The van der Waals surface area contributed by atoms with Crippen LogP contribution in [-0.4, -0.2) is 22.2 Å². The Morgan fingerprint density at radius 3 is 1.59 bits per heavy atom. The average molecular weight is 244 g/mol. The molecule has 0 heterocycles. The molecule has 100 valence electrons. The van der Waals surface area contributed by atoms with Crippen LogP contribution in [0, 0.1) is 5.92 Å². The minimum absolute atomic E-state index is 0.0628. The third-order valence-electron chi connectivity index (χ3n) is 2.93. The second-order valence-electron chi connectivity index (χ2n) is 4.74. The molecule has 17 heavy (non-hydrogen) atoms. The Labute approximate surface area is 103 Å². The highest BCUT2D eigenvalue weighted by Crippen LogP contribution is 2.22. The molecule has 0 aromatic rings. The van der Waals surface area contributed by atoms with Crippen molar-refractivity contribution in [1.29, 1.82) is 0 Å². The van der Waals surface area contributed by atoms with Gasteiger partial charge in [0.15, 0.2) is 0 Å². The lowest BCUT2D eigenvalue weighted by Gasteiger charge is -2.15. The highest BCUT2D eigenvalue weighted by molar-refractivity contribution is 5.67. The molecule has 1 saturated carbocycles. The van der Waals surface area contributed by atoms with Crippen LogP contribution in [0.2, 0.25) is 0 Å². The molecular formula is C13H24O4. The Morgan fingerprint density at radius 1 is 0.941 bits per heavy atom. The molecule has 0 radical (unpaired) electrons. The van der Waals surface area contributed by atoms with Crippen molar-refractivity contribution in [3.63, 3.8) is 0 Å². The van der Waals surface area contributed by atoms with Crippen LogP contribution in [0.4, 0.5) is 0 Å². The summed E-state index contributed by atoms with van der Waals surface area (Å²) >= 11 is 0. The summed E-state index contributed by atoms with van der Waals surface area (Å²) in [5.74, 6) is -0.704. The number of rotatable bonds is 5. The molecule has 1 rings (SSSR count). The van der Waals surface area contributed by atoms with Gasteiger partial charge in [0.2, 0.25) is 0 Å². The number of hydrogen-bond donors (Lipinski definition) is 2. The van der Waals surface area contributed by atoms with E-state index in [9.17, 15) is 9.59 Å². The van der Waals surface area contributed by atoms with Crippen LogP contribution < -0.4 is 0 Å². The molecule has 0 atom stereocenters. The van der Waals surface area contributed by atoms with Crippen molar-refractivity contribution in [2.45, 2.75) is 64.7 Å². The molecule has 0 aromatic heterocycles. The lowest BCUT2D eigenvalue weighted by Crippen LogP contribution is -1.99. The van der Waals surface area contributed by atoms with E-state index in [-0.39, 0.29) is 12.8 Å². The van der Waals surface area contributed by atoms with Gasteiger partial charge in [-0.3, -0.25) is 9.59 Å². The third kappa shape index (κ3) is 12.9. The van der Waals surface area contributed by atoms with E-state index in [2.05, 4.69) is 6.92 Å². The zero-order valence-corrected chi connectivity index (χ0v) is 10.7. The molecule has 0 aliphatic heterocycles. The Bertz CT molecular complexity index is 203. The maximum atomic E-state index is 9.90. The zero-order valence-electron chi connectivity index (χ0n) is 10.7. The van der Waals surface area contributed by atoms with Gasteiger partial charge in [-0.1, -0.05) is 39.0 Å². The fourth-order valence-corrected chi connectivity index (χ4v) is 1.86. The van der Waals surface area contributed by atoms with Crippen molar-refractivity contribution in [1.82, 2.24) is 0 Å². The second kappa shape index (κ2) is 10.1. The van der Waals surface area contributed by atoms with Gasteiger partial charge in [0.1, 0.15) is 0 Å². The van der Waals surface area contributed by atoms with Gasteiger partial charge in [0, 0.05) is 12.8 Å². The van der Waals surface area contributed by atoms with Crippen LogP contribution in [0.3, 0.4) is 0 Å². The summed E-state index contributed by atoms with van der Waals surface area (Å²) < 4.78 is 0. The highest BCUT2D eigenvalue weighted by Gasteiger charge is 2.05. The van der Waals surface area contributed by atoms with E-state index in [1.807, 2.05) is 0 Å². The van der Waals surface area contributed by atoms with Crippen LogP contribution in [0.1, 0.15) is 64.7 Å². The van der Waals surface area contributed by atoms with Gasteiger partial charge < -0.3 is 10.2 Å². The molecular weight excluding hydrogens is 220 g/mol. The van der Waals surface area contributed by atoms with Crippen molar-refractivity contribution < 1.29 is 19.8 Å². The Balaban J connectivity index is 0.000000318. The molecule has 1 fully saturated rings. The monoisotopic (exact) mass is 244 g/mol. The predicted octanol–water partition coefficient (Wildman–Crippen LogP) is 3.30. The van der Waals surface area contributed by atoms with E-state index in [1.54, 1.807) is 0 Å². The summed E-state index contributed by atoms with van der Waals surface area (Å²) in [5.41, 5.74) is 0. The first-order chi connectivity index (χ1) is 8.02. The minimum atomic E-state index is -0.870. The van der Waals surface area contributed by atoms with E-state index in [4.69, 9.17) is 10.2 Å². The number of carboxylic acids is 2. The fourth-order valence-electron chi connectivity index (χ4n) is 1.86. The molecule has 0 bridgehead atoms. The Hall–Kier alpha value is -1.06. The second-order valence-corrected chi connectivity index (χ2v) is 4.74. The fraction of sp³-hybridized carbons (Fsp3) is 0.846. The number of carboxylic acid groups (broad SMARTS) is 2. The van der Waals surface area contributed by atoms with Crippen LogP contribution in [0.25, 0.3) is 0 Å². The maximum Gasteiger partial charge on any atom is 0.303 e. The maximum absolute atomic E-state index is 9.90. The van der Waals surface area contributed by atoms with E-state index in [0.717, 1.165) is 5.92 Å². The van der Waals surface area contributed by atoms with Gasteiger partial charge in [0.05, 0.1) is 0 Å². The first-order valence-electron chi connectivity index (χ1n) is 6.46. The number of unbranched alkanes of at least 4 members (excludes halogenated alkanes) is 1. The van der Waals surface area contributed by atoms with E-state index < -0.39 is 11.9 Å². The van der Waals surface area contributed by atoms with Crippen LogP contribution in [0.5, 0.6) is 0 Å². The zero-order chi connectivity index (χ0) is 13.1. The van der Waals surface area contributed by atoms with Crippen LogP contribution in [-0.2, 0) is 9.59 Å². The molecule has 0 spiro atoms. The molecule has 0 amide bonds. The topological polar surface area (TPSA) is 74.6 Å². The van der Waals surface area contributed by atoms with E-state index in [1.165, 1.54) is 32.1 Å². The summed E-state index contributed by atoms with van der Waals surface area (Å²) in [4.78, 5) is 19.8. The lowest BCUT2D eigenvalue weighted by molar-refractivity contribution is -0.139. The first-order valence-corrected chi connectivity index (χ1v) is 6.46. The predicted molar refractivity (Wildman–Crippen MR) is 66.0 cm³/mol. The molecule has 1 aliphatic rings. The van der Waals surface area contributed by atoms with Crippen LogP contribution in [0.15, 0.2) is 0 Å². The van der Waals surface area contributed by atoms with Crippen molar-refractivity contribution in [2.75, 3.05) is 0 Å². The van der Waals surface area contributed by atoms with Gasteiger partial charge in [-0.15, -0.1) is 0 Å². The van der Waals surface area contributed by atoms with E-state index >= 15 is 0 Å². The van der Waals surface area contributed by atoms with Gasteiger partial charge in [-0.25, -0.2) is 0 Å². The third-order valence-corrected chi connectivity index (χ3v) is 2.93. The summed E-state index contributed by atoms with van der Waals surface area (Å²) in [6.07, 6.45) is 8.45. The SMILES string of the molecule is CC1CCCCC1.O=C(O)CCCCC(=O)O. The molecule has 2 N–H and O–H groups in total.